The number of benzene rings is 2. The number of nitrogens with two attached hydrogens (primary N) is 1. The minimum atomic E-state index is -1.35. The fourth-order valence-corrected chi connectivity index (χ4v) is 5.24. The van der Waals surface area contributed by atoms with Crippen molar-refractivity contribution in [3.63, 3.8) is 0 Å². The van der Waals surface area contributed by atoms with Gasteiger partial charge in [0.05, 0.1) is 28.5 Å². The molecule has 2 aromatic carbocycles. The summed E-state index contributed by atoms with van der Waals surface area (Å²) >= 11 is 13.1. The zero-order valence-corrected chi connectivity index (χ0v) is 23.1. The van der Waals surface area contributed by atoms with Crippen LogP contribution in [0.1, 0.15) is 38.8 Å². The van der Waals surface area contributed by atoms with Gasteiger partial charge in [-0.25, -0.2) is 10.2 Å². The number of hydrogen-bond donors (Lipinski definition) is 7. The second-order valence-electron chi connectivity index (χ2n) is 9.46. The lowest BCUT2D eigenvalue weighted by Crippen LogP contribution is -2.61. The van der Waals surface area contributed by atoms with Gasteiger partial charge in [-0.3, -0.25) is 26.1 Å². The van der Waals surface area contributed by atoms with Crippen LogP contribution in [0.25, 0.3) is 11.0 Å². The zero-order chi connectivity index (χ0) is 29.0. The van der Waals surface area contributed by atoms with Gasteiger partial charge >= 0.3 is 5.97 Å². The summed E-state index contributed by atoms with van der Waals surface area (Å²) in [5.41, 5.74) is 4.84. The van der Waals surface area contributed by atoms with Crippen LogP contribution in [0.3, 0.4) is 0 Å². The highest BCUT2D eigenvalue weighted by Gasteiger charge is 2.30. The summed E-state index contributed by atoms with van der Waals surface area (Å²) in [4.78, 5) is 39.8. The van der Waals surface area contributed by atoms with Gasteiger partial charge in [0.25, 0.3) is 11.8 Å². The predicted octanol–water partition coefficient (Wildman–Crippen LogP) is 1.43. The van der Waals surface area contributed by atoms with Crippen LogP contribution in [-0.2, 0) is 17.8 Å². The Bertz CT molecular complexity index is 1420. The molecule has 0 saturated heterocycles. The minimum Gasteiger partial charge on any atom is -0.480 e. The number of carbonyl (C=O) groups is 3. The molecule has 40 heavy (non-hydrogen) atoms. The fraction of sp³-hybridized carbons (Fsp3) is 0.346. The average Bonchev–Trinajstić information content (AvgIpc) is 3.41. The molecule has 214 valence electrons. The standard InChI is InChI=1S/C26H30Cl2N6O6/c1-13(12-35)31-26(33-29)30-10-19(25(38)39)32-23(36)21-18(27)8-16-11-34(6-4-17(16)22(21)28)24(37)15-3-2-14-5-7-40-20(14)9-15/h2-3,5,7-9,13,19,26,30-31,33,35H,4,6,10-12,29H2,1H3,(H,32,36)(H,38,39)/t13-,19-,26?/m0/s1. The van der Waals surface area contributed by atoms with Crippen molar-refractivity contribution in [3.05, 3.63) is 68.9 Å². The molecule has 3 aromatic rings. The number of hydrazine groups is 1. The van der Waals surface area contributed by atoms with E-state index >= 15 is 0 Å². The van der Waals surface area contributed by atoms with Crippen LogP contribution in [0.2, 0.25) is 10.0 Å². The molecule has 3 atom stereocenters. The highest BCUT2D eigenvalue weighted by atomic mass is 35.5. The number of hydrogen-bond acceptors (Lipinski definition) is 9. The molecule has 0 saturated carbocycles. The summed E-state index contributed by atoms with van der Waals surface area (Å²) in [7, 11) is 0. The molecule has 0 bridgehead atoms. The van der Waals surface area contributed by atoms with Crippen molar-refractivity contribution < 1.29 is 29.0 Å². The summed E-state index contributed by atoms with van der Waals surface area (Å²) in [6, 6.07) is 6.98. The van der Waals surface area contributed by atoms with Crippen LogP contribution in [0, 0.1) is 0 Å². The fourth-order valence-electron chi connectivity index (χ4n) is 4.47. The van der Waals surface area contributed by atoms with E-state index in [1.165, 1.54) is 0 Å². The number of carbonyl (C=O) groups excluding carboxylic acids is 2. The van der Waals surface area contributed by atoms with E-state index in [0.717, 1.165) is 5.39 Å². The quantitative estimate of drug-likeness (QED) is 0.0976. The molecule has 0 spiro atoms. The van der Waals surface area contributed by atoms with E-state index in [1.807, 2.05) is 12.1 Å². The van der Waals surface area contributed by atoms with Crippen LogP contribution < -0.4 is 27.2 Å². The SMILES string of the molecule is C[C@@H](CO)NC(NN)NC[C@H](NC(=O)c1c(Cl)cc2c(c1Cl)CCN(C(=O)c1ccc3ccoc3c1)C2)C(=O)O. The van der Waals surface area contributed by atoms with E-state index in [0.29, 0.717) is 35.2 Å². The van der Waals surface area contributed by atoms with Gasteiger partial charge in [0.15, 0.2) is 0 Å². The highest BCUT2D eigenvalue weighted by Crippen LogP contribution is 2.35. The summed E-state index contributed by atoms with van der Waals surface area (Å²) in [6.07, 6.45) is 1.21. The minimum absolute atomic E-state index is 0.0320. The maximum atomic E-state index is 13.2. The number of rotatable bonds is 11. The molecule has 8 N–H and O–H groups in total. The number of carboxylic acids is 1. The lowest BCUT2D eigenvalue weighted by molar-refractivity contribution is -0.139. The summed E-state index contributed by atoms with van der Waals surface area (Å²) in [6.45, 7) is 1.93. The maximum Gasteiger partial charge on any atom is 0.327 e. The van der Waals surface area contributed by atoms with Crippen molar-refractivity contribution in [2.75, 3.05) is 19.7 Å². The predicted molar refractivity (Wildman–Crippen MR) is 149 cm³/mol. The largest absolute Gasteiger partial charge is 0.480 e. The molecule has 0 aliphatic carbocycles. The summed E-state index contributed by atoms with van der Waals surface area (Å²) in [5, 5.41) is 28.1. The average molecular weight is 593 g/mol. The Morgan fingerprint density at radius 2 is 1.98 bits per heavy atom. The van der Waals surface area contributed by atoms with Gasteiger partial charge in [0, 0.05) is 36.6 Å². The van der Waals surface area contributed by atoms with Crippen LogP contribution in [-0.4, -0.2) is 71.0 Å². The first-order chi connectivity index (χ1) is 19.1. The number of amides is 2. The normalized spacial score (nSPS) is 15.4. The van der Waals surface area contributed by atoms with Crippen LogP contribution in [0.15, 0.2) is 41.0 Å². The van der Waals surface area contributed by atoms with Gasteiger partial charge < -0.3 is 24.8 Å². The molecular weight excluding hydrogens is 563 g/mol. The molecule has 0 radical (unpaired) electrons. The van der Waals surface area contributed by atoms with Crippen LogP contribution in [0.4, 0.5) is 0 Å². The Morgan fingerprint density at radius 3 is 2.67 bits per heavy atom. The number of aliphatic hydroxyl groups excluding tert-OH is 1. The first-order valence-electron chi connectivity index (χ1n) is 12.5. The van der Waals surface area contributed by atoms with Crippen molar-refractivity contribution in [2.45, 2.75) is 38.3 Å². The van der Waals surface area contributed by atoms with Crippen molar-refractivity contribution in [1.29, 1.82) is 0 Å². The summed E-state index contributed by atoms with van der Waals surface area (Å²) in [5.74, 6) is 3.23. The van der Waals surface area contributed by atoms with Gasteiger partial charge in [-0.15, -0.1) is 0 Å². The van der Waals surface area contributed by atoms with Crippen molar-refractivity contribution >= 4 is 52.0 Å². The van der Waals surface area contributed by atoms with E-state index in [4.69, 9.17) is 33.5 Å². The lowest BCUT2D eigenvalue weighted by atomic mass is 9.96. The molecule has 4 rings (SSSR count). The van der Waals surface area contributed by atoms with Gasteiger partial charge in [-0.05, 0) is 48.7 Å². The second-order valence-corrected chi connectivity index (χ2v) is 10.2. The Labute approximate surface area is 239 Å². The topological polar surface area (TPSA) is 182 Å². The van der Waals surface area contributed by atoms with E-state index in [9.17, 15) is 24.6 Å². The third kappa shape index (κ3) is 6.56. The molecule has 2 heterocycles. The molecule has 0 fully saturated rings. The Kier molecular flexibility index (Phi) is 9.64. The third-order valence-electron chi connectivity index (χ3n) is 6.64. The molecule has 1 aliphatic heterocycles. The monoisotopic (exact) mass is 592 g/mol. The number of fused-ring (bicyclic) bond motifs is 2. The molecule has 12 nitrogen and oxygen atoms in total. The molecule has 2 amide bonds. The first kappa shape index (κ1) is 29.7. The number of furan rings is 1. The maximum absolute atomic E-state index is 13.2. The zero-order valence-electron chi connectivity index (χ0n) is 21.5. The highest BCUT2D eigenvalue weighted by molar-refractivity contribution is 6.40. The number of halogens is 2. The van der Waals surface area contributed by atoms with E-state index in [1.54, 1.807) is 36.3 Å². The van der Waals surface area contributed by atoms with Gasteiger partial charge in [-0.1, -0.05) is 29.3 Å². The Balaban J connectivity index is 1.47. The number of aliphatic carboxylic acids is 1. The molecular formula is C26H30Cl2N6O6. The van der Waals surface area contributed by atoms with E-state index in [-0.39, 0.29) is 47.3 Å². The summed E-state index contributed by atoms with van der Waals surface area (Å²) < 4.78 is 5.41. The van der Waals surface area contributed by atoms with E-state index < -0.39 is 24.2 Å². The molecule has 14 heteroatoms. The number of carboxylic acid groups (broad SMARTS) is 1. The number of nitrogens with one attached hydrogen (secondary N) is 4. The second kappa shape index (κ2) is 13.0. The van der Waals surface area contributed by atoms with Gasteiger partial charge in [0.1, 0.15) is 17.9 Å². The van der Waals surface area contributed by atoms with E-state index in [2.05, 4.69) is 21.4 Å². The van der Waals surface area contributed by atoms with Crippen molar-refractivity contribution in [3.8, 4) is 0 Å². The first-order valence-corrected chi connectivity index (χ1v) is 13.2. The van der Waals surface area contributed by atoms with Crippen molar-refractivity contribution in [1.82, 2.24) is 26.3 Å². The molecule has 1 unspecified atom stereocenters. The third-order valence-corrected chi connectivity index (χ3v) is 7.36. The number of nitrogens with zero attached hydrogens (tertiary/aromatic N) is 1. The van der Waals surface area contributed by atoms with Crippen LogP contribution in [0.5, 0.6) is 0 Å². The lowest BCUT2D eigenvalue weighted by Gasteiger charge is -2.30. The Hall–Kier alpha value is -3.23. The number of aliphatic hydroxyl groups is 1. The van der Waals surface area contributed by atoms with Gasteiger partial charge in [-0.2, -0.15) is 0 Å². The van der Waals surface area contributed by atoms with Crippen molar-refractivity contribution in [2.24, 2.45) is 5.84 Å². The Morgan fingerprint density at radius 1 is 1.20 bits per heavy atom. The smallest absolute Gasteiger partial charge is 0.327 e. The molecule has 1 aromatic heterocycles. The van der Waals surface area contributed by atoms with Crippen LogP contribution >= 0.6 is 23.2 Å². The molecule has 1 aliphatic rings. The van der Waals surface area contributed by atoms with Gasteiger partial charge in [0.2, 0.25) is 0 Å².